The Morgan fingerprint density at radius 3 is 2.56 bits per heavy atom. The summed E-state index contributed by atoms with van der Waals surface area (Å²) >= 11 is 0. The number of nitrogens with one attached hydrogen (secondary N) is 1. The quantitative estimate of drug-likeness (QED) is 0.445. The molecule has 1 saturated heterocycles. The molecule has 2 aromatic rings. The molecule has 0 bridgehead atoms. The van der Waals surface area contributed by atoms with Crippen molar-refractivity contribution in [3.63, 3.8) is 0 Å². The van der Waals surface area contributed by atoms with Crippen LogP contribution in [-0.4, -0.2) is 63.6 Å². The molecule has 1 amide bonds. The molecule has 2 aliphatic rings. The molecule has 0 aromatic heterocycles. The molecule has 194 valence electrons. The first-order valence-corrected chi connectivity index (χ1v) is 14.1. The molecule has 1 N–H and O–H groups in total. The number of sulfone groups is 1. The number of hydrogen-bond donors (Lipinski definition) is 1. The van der Waals surface area contributed by atoms with Gasteiger partial charge in [0.05, 0.1) is 18.5 Å². The number of amides is 1. The van der Waals surface area contributed by atoms with E-state index in [1.165, 1.54) is 6.26 Å². The molecule has 2 aliphatic heterocycles. The van der Waals surface area contributed by atoms with Gasteiger partial charge in [0.25, 0.3) is 0 Å². The van der Waals surface area contributed by atoms with Crippen LogP contribution >= 0.6 is 0 Å². The van der Waals surface area contributed by atoms with E-state index < -0.39 is 15.4 Å². The van der Waals surface area contributed by atoms with Gasteiger partial charge in [-0.15, -0.1) is 6.07 Å². The van der Waals surface area contributed by atoms with Gasteiger partial charge < -0.3 is 26.1 Å². The smallest absolute Gasteiger partial charge is 0.487 e. The zero-order chi connectivity index (χ0) is 25.5. The maximum atomic E-state index is 13.0. The maximum absolute atomic E-state index is 13.0. The van der Waals surface area contributed by atoms with E-state index in [-0.39, 0.29) is 55.5 Å². The minimum Gasteiger partial charge on any atom is -0.487 e. The first-order chi connectivity index (χ1) is 16.7. The zero-order valence-corrected chi connectivity index (χ0v) is 26.5. The third kappa shape index (κ3) is 8.24. The molecule has 7 nitrogen and oxygen atoms in total. The van der Waals surface area contributed by atoms with Crippen LogP contribution in [0.2, 0.25) is 0 Å². The van der Waals surface area contributed by atoms with Crippen molar-refractivity contribution in [2.24, 2.45) is 0 Å². The van der Waals surface area contributed by atoms with Crippen molar-refractivity contribution >= 4 is 21.4 Å². The first kappa shape index (κ1) is 30.7. The number of rotatable bonds is 6. The Hall–Kier alpha value is -1.53. The van der Waals surface area contributed by atoms with E-state index in [0.717, 1.165) is 17.0 Å². The molecule has 0 aliphatic carbocycles. The van der Waals surface area contributed by atoms with E-state index in [4.69, 9.17) is 9.47 Å². The zero-order valence-electron chi connectivity index (χ0n) is 21.5. The van der Waals surface area contributed by atoms with E-state index in [2.05, 4.69) is 11.4 Å². The Labute approximate surface area is 239 Å². The summed E-state index contributed by atoms with van der Waals surface area (Å²) in [6.45, 7) is 5.33. The summed E-state index contributed by atoms with van der Waals surface area (Å²) in [5.41, 5.74) is 1.94. The van der Waals surface area contributed by atoms with Crippen molar-refractivity contribution in [1.82, 2.24) is 4.90 Å². The molecule has 1 unspecified atom stereocenters. The van der Waals surface area contributed by atoms with Crippen LogP contribution in [-0.2, 0) is 14.6 Å². The SMILES string of the molecule is CNc1[c-]ccc(C(=O)N2CCC3(CC2)CC(OCCS(C)(=O)=O)c2ccccc2O3)c1.C[CH-]C.[U+2]. The molecule has 1 spiro atoms. The second kappa shape index (κ2) is 13.9. The molecule has 2 heterocycles. The third-order valence-corrected chi connectivity index (χ3v) is 7.11. The normalized spacial score (nSPS) is 18.1. The molecule has 1 atom stereocenters. The predicted octanol–water partition coefficient (Wildman–Crippen LogP) is 4.32. The van der Waals surface area contributed by atoms with Gasteiger partial charge in [0.1, 0.15) is 21.2 Å². The van der Waals surface area contributed by atoms with Gasteiger partial charge >= 0.3 is 31.1 Å². The van der Waals surface area contributed by atoms with E-state index in [1.807, 2.05) is 55.5 Å². The minimum absolute atomic E-state index is 0. The number of ether oxygens (including phenoxy) is 2. The van der Waals surface area contributed by atoms with Gasteiger partial charge in [-0.1, -0.05) is 29.4 Å². The summed E-state index contributed by atoms with van der Waals surface area (Å²) in [5.74, 6) is 0.771. The number of anilines is 1. The Morgan fingerprint density at radius 1 is 1.25 bits per heavy atom. The average Bonchev–Trinajstić information content (AvgIpc) is 2.84. The summed E-state index contributed by atoms with van der Waals surface area (Å²) in [7, 11) is -1.29. The molecule has 2 aromatic carbocycles. The maximum Gasteiger partial charge on any atom is 2.00 e. The number of carbonyl (C=O) groups is 1. The number of benzene rings is 2. The van der Waals surface area contributed by atoms with Gasteiger partial charge in [0.15, 0.2) is 0 Å². The fraction of sp³-hybridized carbons (Fsp3) is 0.481. The molecule has 1 fully saturated rings. The third-order valence-electron chi connectivity index (χ3n) is 6.20. The van der Waals surface area contributed by atoms with E-state index in [1.54, 1.807) is 19.2 Å². The van der Waals surface area contributed by atoms with Crippen molar-refractivity contribution in [3.05, 3.63) is 66.1 Å². The van der Waals surface area contributed by atoms with E-state index >= 15 is 0 Å². The standard InChI is InChI=1S/C24H29N2O5S.C3H7.U/c1-25-19-7-5-6-18(16-19)23(27)26-12-10-24(11-13-26)17-22(30-14-15-32(2,28)29)20-8-3-4-9-21(20)31-24;1-3-2;/h3-6,8-9,16,22,25H,10-15,17H2,1-2H3;3H,1-2H3;/q2*-1;+2. The Morgan fingerprint density at radius 2 is 1.92 bits per heavy atom. The fourth-order valence-electron chi connectivity index (χ4n) is 4.40. The number of hydrogen-bond acceptors (Lipinski definition) is 6. The van der Waals surface area contributed by atoms with E-state index in [0.29, 0.717) is 37.9 Å². The number of nitrogens with zero attached hydrogens (tertiary/aromatic N) is 1. The van der Waals surface area contributed by atoms with Crippen LogP contribution in [0.15, 0.2) is 42.5 Å². The van der Waals surface area contributed by atoms with Gasteiger partial charge in [0, 0.05) is 51.2 Å². The minimum atomic E-state index is -3.09. The largest absolute Gasteiger partial charge is 2.00 e. The van der Waals surface area contributed by atoms with Gasteiger partial charge in [-0.3, -0.25) is 4.79 Å². The second-order valence-electron chi connectivity index (χ2n) is 9.13. The summed E-state index contributed by atoms with van der Waals surface area (Å²) in [6.07, 6.45) is 5.01. The van der Waals surface area contributed by atoms with Crippen LogP contribution in [0.3, 0.4) is 0 Å². The summed E-state index contributed by atoms with van der Waals surface area (Å²) in [5, 5.41) is 3.01. The summed E-state index contributed by atoms with van der Waals surface area (Å²) in [4.78, 5) is 14.9. The number of fused-ring (bicyclic) bond motifs is 1. The number of piperidine rings is 1. The monoisotopic (exact) mass is 738 g/mol. The van der Waals surface area contributed by atoms with Crippen LogP contribution < -0.4 is 10.1 Å². The first-order valence-electron chi connectivity index (χ1n) is 12.0. The van der Waals surface area contributed by atoms with Gasteiger partial charge in [0.2, 0.25) is 5.91 Å². The van der Waals surface area contributed by atoms with Crippen molar-refractivity contribution in [2.75, 3.05) is 44.1 Å². The molecule has 9 heteroatoms. The van der Waals surface area contributed by atoms with Crippen molar-refractivity contribution < 1.29 is 53.8 Å². The van der Waals surface area contributed by atoms with Crippen LogP contribution in [0, 0.1) is 43.6 Å². The molecule has 36 heavy (non-hydrogen) atoms. The Kier molecular flexibility index (Phi) is 11.8. The van der Waals surface area contributed by atoms with Crippen LogP contribution in [0.1, 0.15) is 55.1 Å². The summed E-state index contributed by atoms with van der Waals surface area (Å²) in [6, 6.07) is 16.2. The van der Waals surface area contributed by atoms with Crippen molar-refractivity contribution in [2.45, 2.75) is 44.8 Å². The molecule has 0 radical (unpaired) electrons. The Balaban J connectivity index is 0.00000109. The van der Waals surface area contributed by atoms with Gasteiger partial charge in [-0.25, -0.2) is 8.42 Å². The number of likely N-dealkylation sites (tertiary alicyclic amines) is 1. The van der Waals surface area contributed by atoms with Gasteiger partial charge in [-0.05, 0) is 6.07 Å². The molecule has 4 rings (SSSR count). The van der Waals surface area contributed by atoms with Crippen LogP contribution in [0.5, 0.6) is 5.75 Å². The molecule has 0 saturated carbocycles. The Bertz CT molecular complexity index is 1100. The second-order valence-corrected chi connectivity index (χ2v) is 11.4. The van der Waals surface area contributed by atoms with Crippen molar-refractivity contribution in [1.29, 1.82) is 0 Å². The number of para-hydroxylation sites is 1. The fourth-order valence-corrected chi connectivity index (χ4v) is 4.80. The number of carbonyl (C=O) groups excluding carboxylic acids is 1. The predicted molar refractivity (Wildman–Crippen MR) is 138 cm³/mol. The van der Waals surface area contributed by atoms with Crippen LogP contribution in [0.25, 0.3) is 0 Å². The average molecular weight is 739 g/mol. The molecular weight excluding hydrogens is 702 g/mol. The molecular formula is C27H36N2O5SU. The van der Waals surface area contributed by atoms with E-state index in [9.17, 15) is 13.2 Å². The van der Waals surface area contributed by atoms with Gasteiger partial charge in [-0.2, -0.15) is 32.0 Å². The van der Waals surface area contributed by atoms with Crippen LogP contribution in [0.4, 0.5) is 5.69 Å². The topological polar surface area (TPSA) is 84.9 Å². The summed E-state index contributed by atoms with van der Waals surface area (Å²) < 4.78 is 35.5. The van der Waals surface area contributed by atoms with Crippen molar-refractivity contribution in [3.8, 4) is 5.75 Å².